The van der Waals surface area contributed by atoms with E-state index in [0.29, 0.717) is 22.0 Å². The summed E-state index contributed by atoms with van der Waals surface area (Å²) in [5, 5.41) is 0.693. The summed E-state index contributed by atoms with van der Waals surface area (Å²) in [6.07, 6.45) is 6.47. The first-order valence-electron chi connectivity index (χ1n) is 7.48. The van der Waals surface area contributed by atoms with Gasteiger partial charge >= 0.3 is 0 Å². The first-order chi connectivity index (χ1) is 10.5. The molecule has 1 aromatic carbocycles. The van der Waals surface area contributed by atoms with E-state index in [1.165, 1.54) is 39.2 Å². The average Bonchev–Trinajstić information content (AvgIpc) is 2.52. The summed E-state index contributed by atoms with van der Waals surface area (Å²) < 4.78 is 33.3. The number of rotatable bonds is 7. The Bertz CT molecular complexity index is 586. The lowest BCUT2D eigenvalue weighted by Gasteiger charge is -2.21. The summed E-state index contributed by atoms with van der Waals surface area (Å²) in [5.74, 6) is 1.16. The van der Waals surface area contributed by atoms with Crippen LogP contribution in [0.2, 0.25) is 0 Å². The monoisotopic (exact) mass is 407 g/mol. The fourth-order valence-corrected chi connectivity index (χ4v) is 5.66. The molecule has 0 amide bonds. The van der Waals surface area contributed by atoms with Crippen LogP contribution in [-0.4, -0.2) is 33.1 Å². The molecule has 1 fully saturated rings. The maximum Gasteiger partial charge on any atom is 0.244 e. The van der Waals surface area contributed by atoms with Crippen molar-refractivity contribution in [1.29, 1.82) is 0 Å². The molecular formula is C15H22BrNO3S2. The minimum atomic E-state index is -3.55. The molecule has 0 saturated heterocycles. The van der Waals surface area contributed by atoms with Gasteiger partial charge in [0, 0.05) is 22.0 Å². The van der Waals surface area contributed by atoms with Gasteiger partial charge in [0.2, 0.25) is 10.0 Å². The third-order valence-electron chi connectivity index (χ3n) is 3.72. The van der Waals surface area contributed by atoms with Crippen molar-refractivity contribution in [2.24, 2.45) is 0 Å². The van der Waals surface area contributed by atoms with Gasteiger partial charge in [-0.15, -0.1) is 0 Å². The van der Waals surface area contributed by atoms with Gasteiger partial charge in [-0.05, 0) is 31.0 Å². The fraction of sp³-hybridized carbons (Fsp3) is 0.600. The Morgan fingerprint density at radius 1 is 1.32 bits per heavy atom. The van der Waals surface area contributed by atoms with Gasteiger partial charge in [-0.2, -0.15) is 11.8 Å². The van der Waals surface area contributed by atoms with E-state index < -0.39 is 10.0 Å². The predicted octanol–water partition coefficient (Wildman–Crippen LogP) is 3.80. The molecule has 7 heteroatoms. The SMILES string of the molecule is COc1ccc(Br)cc1S(=O)(=O)NCCSC1CCCCC1. The molecule has 22 heavy (non-hydrogen) atoms. The van der Waals surface area contributed by atoms with Crippen LogP contribution in [0.15, 0.2) is 27.6 Å². The highest BCUT2D eigenvalue weighted by atomic mass is 79.9. The molecule has 0 aromatic heterocycles. The number of benzene rings is 1. The minimum Gasteiger partial charge on any atom is -0.495 e. The minimum absolute atomic E-state index is 0.173. The Morgan fingerprint density at radius 3 is 2.73 bits per heavy atom. The van der Waals surface area contributed by atoms with Gasteiger partial charge in [0.1, 0.15) is 10.6 Å². The Morgan fingerprint density at radius 2 is 2.05 bits per heavy atom. The topological polar surface area (TPSA) is 55.4 Å². The summed E-state index contributed by atoms with van der Waals surface area (Å²) in [6, 6.07) is 4.97. The van der Waals surface area contributed by atoms with Gasteiger partial charge in [0.05, 0.1) is 7.11 Å². The number of halogens is 1. The number of ether oxygens (including phenoxy) is 1. The summed E-state index contributed by atoms with van der Waals surface area (Å²) in [7, 11) is -2.07. The molecule has 0 heterocycles. The van der Waals surface area contributed by atoms with E-state index in [4.69, 9.17) is 4.74 Å². The van der Waals surface area contributed by atoms with Gasteiger partial charge in [0.25, 0.3) is 0 Å². The highest BCUT2D eigenvalue weighted by Crippen LogP contribution is 2.29. The molecule has 0 aliphatic heterocycles. The van der Waals surface area contributed by atoms with Gasteiger partial charge in [-0.3, -0.25) is 0 Å². The van der Waals surface area contributed by atoms with Crippen LogP contribution >= 0.6 is 27.7 Å². The van der Waals surface area contributed by atoms with Crippen molar-refractivity contribution in [1.82, 2.24) is 4.72 Å². The van der Waals surface area contributed by atoms with E-state index >= 15 is 0 Å². The van der Waals surface area contributed by atoms with E-state index in [-0.39, 0.29) is 4.90 Å². The summed E-state index contributed by atoms with van der Waals surface area (Å²) in [6.45, 7) is 0.444. The lowest BCUT2D eigenvalue weighted by Crippen LogP contribution is -2.27. The standard InChI is InChI=1S/C15H22BrNO3S2/c1-20-14-8-7-12(16)11-15(14)22(18,19)17-9-10-21-13-5-3-2-4-6-13/h7-8,11,13,17H,2-6,9-10H2,1H3. The van der Waals surface area contributed by atoms with E-state index in [1.54, 1.807) is 18.2 Å². The molecule has 1 N–H and O–H groups in total. The van der Waals surface area contributed by atoms with Crippen LogP contribution in [0.3, 0.4) is 0 Å². The Balaban J connectivity index is 1.89. The Kier molecular flexibility index (Phi) is 7.05. The highest BCUT2D eigenvalue weighted by molar-refractivity contribution is 9.10. The zero-order valence-corrected chi connectivity index (χ0v) is 15.9. The average molecular weight is 408 g/mol. The maximum atomic E-state index is 12.4. The van der Waals surface area contributed by atoms with E-state index in [2.05, 4.69) is 20.7 Å². The smallest absolute Gasteiger partial charge is 0.244 e. The number of methoxy groups -OCH3 is 1. The fourth-order valence-electron chi connectivity index (χ4n) is 2.57. The normalized spacial score (nSPS) is 16.6. The molecule has 0 unspecified atom stereocenters. The van der Waals surface area contributed by atoms with Crippen molar-refractivity contribution in [3.05, 3.63) is 22.7 Å². The second kappa shape index (κ2) is 8.57. The van der Waals surface area contributed by atoms with Crippen LogP contribution in [0.4, 0.5) is 0 Å². The molecule has 0 radical (unpaired) electrons. The molecular weight excluding hydrogens is 386 g/mol. The molecule has 0 atom stereocenters. The van der Waals surface area contributed by atoms with Gasteiger partial charge < -0.3 is 4.74 Å². The zero-order valence-electron chi connectivity index (χ0n) is 12.7. The van der Waals surface area contributed by atoms with E-state index in [0.717, 1.165) is 5.75 Å². The van der Waals surface area contributed by atoms with Gasteiger partial charge in [0.15, 0.2) is 0 Å². The lowest BCUT2D eigenvalue weighted by atomic mass is 10.0. The van der Waals surface area contributed by atoms with E-state index in [9.17, 15) is 8.42 Å². The van der Waals surface area contributed by atoms with Crippen LogP contribution in [0.5, 0.6) is 5.75 Å². The molecule has 1 aliphatic carbocycles. The number of thioether (sulfide) groups is 1. The molecule has 4 nitrogen and oxygen atoms in total. The number of hydrogen-bond acceptors (Lipinski definition) is 4. The molecule has 0 spiro atoms. The van der Waals surface area contributed by atoms with Crippen LogP contribution in [0.1, 0.15) is 32.1 Å². The predicted molar refractivity (Wildman–Crippen MR) is 95.2 cm³/mol. The molecule has 124 valence electrons. The molecule has 2 rings (SSSR count). The number of nitrogens with one attached hydrogen (secondary N) is 1. The molecule has 1 aliphatic rings. The third-order valence-corrected chi connectivity index (χ3v) is 7.07. The second-order valence-corrected chi connectivity index (χ2v) is 9.38. The first kappa shape index (κ1) is 18.1. The highest BCUT2D eigenvalue weighted by Gasteiger charge is 2.20. The van der Waals surface area contributed by atoms with Crippen molar-refractivity contribution in [2.75, 3.05) is 19.4 Å². The number of hydrogen-bond donors (Lipinski definition) is 1. The zero-order chi connectivity index (χ0) is 16.0. The Labute approximate surface area is 145 Å². The largest absolute Gasteiger partial charge is 0.495 e. The molecule has 1 aromatic rings. The molecule has 1 saturated carbocycles. The van der Waals surface area contributed by atoms with Gasteiger partial charge in [-0.25, -0.2) is 13.1 Å². The summed E-state index contributed by atoms with van der Waals surface area (Å²) in [5.41, 5.74) is 0. The lowest BCUT2D eigenvalue weighted by molar-refractivity contribution is 0.402. The van der Waals surface area contributed by atoms with Gasteiger partial charge in [-0.1, -0.05) is 35.2 Å². The maximum absolute atomic E-state index is 12.4. The Hall–Kier alpha value is -0.240. The van der Waals surface area contributed by atoms with Crippen molar-refractivity contribution in [3.63, 3.8) is 0 Å². The number of sulfonamides is 1. The third kappa shape index (κ3) is 5.15. The quantitative estimate of drug-likeness (QED) is 0.698. The van der Waals surface area contributed by atoms with E-state index in [1.807, 2.05) is 11.8 Å². The van der Waals surface area contributed by atoms with Crippen molar-refractivity contribution in [3.8, 4) is 5.75 Å². The van der Waals surface area contributed by atoms with Crippen LogP contribution < -0.4 is 9.46 Å². The van der Waals surface area contributed by atoms with Crippen molar-refractivity contribution < 1.29 is 13.2 Å². The summed E-state index contributed by atoms with van der Waals surface area (Å²) in [4.78, 5) is 0.173. The second-order valence-electron chi connectivity index (χ2n) is 5.32. The first-order valence-corrected chi connectivity index (χ1v) is 10.8. The van der Waals surface area contributed by atoms with Crippen LogP contribution in [0.25, 0.3) is 0 Å². The summed E-state index contributed by atoms with van der Waals surface area (Å²) >= 11 is 5.18. The van der Waals surface area contributed by atoms with Crippen molar-refractivity contribution in [2.45, 2.75) is 42.2 Å². The van der Waals surface area contributed by atoms with Crippen LogP contribution in [0, 0.1) is 0 Å². The van der Waals surface area contributed by atoms with Crippen LogP contribution in [-0.2, 0) is 10.0 Å². The molecule has 0 bridgehead atoms. The van der Waals surface area contributed by atoms with Crippen molar-refractivity contribution >= 4 is 37.7 Å².